The number of hydrogen-bond acceptors (Lipinski definition) is 4. The van der Waals surface area contributed by atoms with Gasteiger partial charge < -0.3 is 15.8 Å². The minimum absolute atomic E-state index is 0.0929. The Morgan fingerprint density at radius 1 is 1.61 bits per heavy atom. The lowest BCUT2D eigenvalue weighted by Gasteiger charge is -2.07. The van der Waals surface area contributed by atoms with Gasteiger partial charge in [-0.05, 0) is 24.8 Å². The van der Waals surface area contributed by atoms with Crippen LogP contribution in [0, 0.1) is 11.7 Å². The molecule has 1 aliphatic carbocycles. The molecule has 0 aromatic carbocycles. The molecular weight excluding hydrogens is 237 g/mol. The average Bonchev–Trinajstić information content (AvgIpc) is 3.16. The van der Waals surface area contributed by atoms with Crippen molar-refractivity contribution in [2.24, 2.45) is 5.92 Å². The number of carbonyl (C=O) groups excluding carboxylic acids is 1. The van der Waals surface area contributed by atoms with Crippen LogP contribution in [-0.4, -0.2) is 30.6 Å². The lowest BCUT2D eigenvalue weighted by molar-refractivity contribution is 0.0903. The molecule has 5 nitrogen and oxygen atoms in total. The average molecular weight is 253 g/mol. The molecule has 0 saturated heterocycles. The normalized spacial score (nSPS) is 14.5. The summed E-state index contributed by atoms with van der Waals surface area (Å²) >= 11 is 0. The topological polar surface area (TPSA) is 77.2 Å². The van der Waals surface area contributed by atoms with E-state index in [2.05, 4.69) is 10.3 Å². The fourth-order valence-corrected chi connectivity index (χ4v) is 1.50. The third-order valence-electron chi connectivity index (χ3n) is 2.74. The number of anilines is 1. The number of halogens is 1. The van der Waals surface area contributed by atoms with Crippen molar-refractivity contribution in [3.8, 4) is 0 Å². The fraction of sp³-hybridized carbons (Fsp3) is 0.500. The number of nitrogens with zero attached hydrogens (tertiary/aromatic N) is 1. The first-order valence-corrected chi connectivity index (χ1v) is 5.94. The zero-order valence-electron chi connectivity index (χ0n) is 9.99. The number of nitrogens with two attached hydrogens (primary N) is 1. The molecule has 0 unspecified atom stereocenters. The molecule has 1 aliphatic rings. The molecule has 1 aromatic rings. The summed E-state index contributed by atoms with van der Waals surface area (Å²) in [5, 5.41) is 2.57. The van der Waals surface area contributed by atoms with Gasteiger partial charge in [-0.15, -0.1) is 0 Å². The summed E-state index contributed by atoms with van der Waals surface area (Å²) in [4.78, 5) is 15.2. The molecule has 1 heterocycles. The molecule has 0 bridgehead atoms. The lowest BCUT2D eigenvalue weighted by atomic mass is 10.2. The molecule has 0 spiro atoms. The van der Waals surface area contributed by atoms with Gasteiger partial charge in [0, 0.05) is 19.3 Å². The number of nitrogens with one attached hydrogen (secondary N) is 1. The Morgan fingerprint density at radius 3 is 3.11 bits per heavy atom. The Bertz CT molecular complexity index is 435. The monoisotopic (exact) mass is 253 g/mol. The van der Waals surface area contributed by atoms with Gasteiger partial charge in [-0.2, -0.15) is 0 Å². The number of carbonyl (C=O) groups is 1. The number of nitrogen functional groups attached to an aromatic ring is 1. The Hall–Kier alpha value is -1.69. The minimum Gasteiger partial charge on any atom is -0.381 e. The zero-order chi connectivity index (χ0) is 13.0. The SMILES string of the molecule is Nc1nccc(C(=O)NCCOCC2CC2)c1F. The Balaban J connectivity index is 1.74. The first kappa shape index (κ1) is 12.8. The molecule has 0 atom stereocenters. The maximum Gasteiger partial charge on any atom is 0.254 e. The third kappa shape index (κ3) is 3.40. The quantitative estimate of drug-likeness (QED) is 0.740. The second-order valence-electron chi connectivity index (χ2n) is 4.33. The van der Waals surface area contributed by atoms with Crippen LogP contribution in [0.5, 0.6) is 0 Å². The van der Waals surface area contributed by atoms with Crippen molar-refractivity contribution in [3.63, 3.8) is 0 Å². The summed E-state index contributed by atoms with van der Waals surface area (Å²) in [6.45, 7) is 1.53. The number of amides is 1. The Kier molecular flexibility index (Phi) is 4.09. The highest BCUT2D eigenvalue weighted by molar-refractivity contribution is 5.95. The fourth-order valence-electron chi connectivity index (χ4n) is 1.50. The van der Waals surface area contributed by atoms with Gasteiger partial charge in [-0.1, -0.05) is 0 Å². The number of hydrogen-bond donors (Lipinski definition) is 2. The van der Waals surface area contributed by atoms with Gasteiger partial charge in [0.25, 0.3) is 5.91 Å². The van der Waals surface area contributed by atoms with E-state index in [1.165, 1.54) is 25.1 Å². The molecule has 18 heavy (non-hydrogen) atoms. The van der Waals surface area contributed by atoms with Gasteiger partial charge in [0.05, 0.1) is 12.2 Å². The summed E-state index contributed by atoms with van der Waals surface area (Å²) in [5.41, 5.74) is 5.19. The van der Waals surface area contributed by atoms with Crippen LogP contribution in [0.15, 0.2) is 12.3 Å². The van der Waals surface area contributed by atoms with E-state index < -0.39 is 11.7 Å². The summed E-state index contributed by atoms with van der Waals surface area (Å²) in [6.07, 6.45) is 3.76. The smallest absolute Gasteiger partial charge is 0.254 e. The number of rotatable bonds is 6. The van der Waals surface area contributed by atoms with Crippen molar-refractivity contribution < 1.29 is 13.9 Å². The molecule has 2 rings (SSSR count). The molecule has 0 radical (unpaired) electrons. The van der Waals surface area contributed by atoms with Gasteiger partial charge in [0.1, 0.15) is 0 Å². The third-order valence-corrected chi connectivity index (χ3v) is 2.74. The minimum atomic E-state index is -0.783. The molecule has 1 saturated carbocycles. The second kappa shape index (κ2) is 5.77. The molecule has 1 amide bonds. The van der Waals surface area contributed by atoms with E-state index in [-0.39, 0.29) is 11.4 Å². The molecule has 1 aromatic heterocycles. The molecule has 6 heteroatoms. The van der Waals surface area contributed by atoms with Gasteiger partial charge in [-0.25, -0.2) is 9.37 Å². The van der Waals surface area contributed by atoms with Crippen LogP contribution in [0.2, 0.25) is 0 Å². The highest BCUT2D eigenvalue weighted by Crippen LogP contribution is 2.28. The van der Waals surface area contributed by atoms with Gasteiger partial charge >= 0.3 is 0 Å². The standard InChI is InChI=1S/C12H16FN3O2/c13-10-9(3-4-15-11(10)14)12(17)16-5-6-18-7-8-1-2-8/h3-4,8H,1-2,5-7H2,(H2,14,15)(H,16,17). The summed E-state index contributed by atoms with van der Waals surface area (Å²) in [5.74, 6) is -0.865. The van der Waals surface area contributed by atoms with E-state index in [0.717, 1.165) is 6.61 Å². The van der Waals surface area contributed by atoms with E-state index in [1.807, 2.05) is 0 Å². The predicted octanol–water partition coefficient (Wildman–Crippen LogP) is 0.959. The molecule has 0 aliphatic heterocycles. The van der Waals surface area contributed by atoms with Crippen molar-refractivity contribution in [1.82, 2.24) is 10.3 Å². The maximum atomic E-state index is 13.5. The van der Waals surface area contributed by atoms with Crippen molar-refractivity contribution in [1.29, 1.82) is 0 Å². The zero-order valence-corrected chi connectivity index (χ0v) is 9.99. The molecule has 1 fully saturated rings. The molecule has 98 valence electrons. The van der Waals surface area contributed by atoms with E-state index >= 15 is 0 Å². The maximum absolute atomic E-state index is 13.5. The van der Waals surface area contributed by atoms with E-state index in [9.17, 15) is 9.18 Å². The summed E-state index contributed by atoms with van der Waals surface area (Å²) in [6, 6.07) is 1.30. The van der Waals surface area contributed by atoms with Crippen LogP contribution in [-0.2, 0) is 4.74 Å². The van der Waals surface area contributed by atoms with Crippen molar-refractivity contribution in [2.45, 2.75) is 12.8 Å². The van der Waals surface area contributed by atoms with Crippen LogP contribution < -0.4 is 11.1 Å². The first-order valence-electron chi connectivity index (χ1n) is 5.94. The van der Waals surface area contributed by atoms with Crippen LogP contribution in [0.4, 0.5) is 10.2 Å². The van der Waals surface area contributed by atoms with Crippen LogP contribution in [0.3, 0.4) is 0 Å². The van der Waals surface area contributed by atoms with E-state index in [1.54, 1.807) is 0 Å². The van der Waals surface area contributed by atoms with Crippen LogP contribution >= 0.6 is 0 Å². The predicted molar refractivity (Wildman–Crippen MR) is 64.5 cm³/mol. The number of aromatic nitrogens is 1. The van der Waals surface area contributed by atoms with Gasteiger partial charge in [0.15, 0.2) is 11.6 Å². The summed E-state index contributed by atoms with van der Waals surface area (Å²) < 4.78 is 18.8. The Morgan fingerprint density at radius 2 is 2.39 bits per heavy atom. The summed E-state index contributed by atoms with van der Waals surface area (Å²) in [7, 11) is 0. The van der Waals surface area contributed by atoms with Gasteiger partial charge in [0.2, 0.25) is 0 Å². The number of pyridine rings is 1. The van der Waals surface area contributed by atoms with Crippen molar-refractivity contribution in [2.75, 3.05) is 25.5 Å². The van der Waals surface area contributed by atoms with Crippen molar-refractivity contribution >= 4 is 11.7 Å². The van der Waals surface area contributed by atoms with Crippen LogP contribution in [0.25, 0.3) is 0 Å². The lowest BCUT2D eigenvalue weighted by Crippen LogP contribution is -2.28. The molecular formula is C12H16FN3O2. The second-order valence-corrected chi connectivity index (χ2v) is 4.33. The number of ether oxygens (including phenoxy) is 1. The van der Waals surface area contributed by atoms with E-state index in [4.69, 9.17) is 10.5 Å². The van der Waals surface area contributed by atoms with E-state index in [0.29, 0.717) is 19.1 Å². The largest absolute Gasteiger partial charge is 0.381 e. The first-order chi connectivity index (χ1) is 8.68. The highest BCUT2D eigenvalue weighted by Gasteiger charge is 2.21. The molecule has 3 N–H and O–H groups in total. The Labute approximate surface area is 105 Å². The van der Waals surface area contributed by atoms with Crippen LogP contribution in [0.1, 0.15) is 23.2 Å². The van der Waals surface area contributed by atoms with Crippen molar-refractivity contribution in [3.05, 3.63) is 23.6 Å². The van der Waals surface area contributed by atoms with Gasteiger partial charge in [-0.3, -0.25) is 4.79 Å². The highest BCUT2D eigenvalue weighted by atomic mass is 19.1.